The van der Waals surface area contributed by atoms with Crippen molar-refractivity contribution < 1.29 is 5.11 Å². The van der Waals surface area contributed by atoms with Crippen LogP contribution in [0.5, 0.6) is 0 Å². The van der Waals surface area contributed by atoms with Crippen LogP contribution in [0.4, 0.5) is 5.69 Å². The van der Waals surface area contributed by atoms with Crippen LogP contribution in [0.15, 0.2) is 22.7 Å². The Morgan fingerprint density at radius 2 is 2.35 bits per heavy atom. The maximum atomic E-state index is 8.93. The number of aliphatic hydroxyl groups excluding tert-OH is 1. The summed E-state index contributed by atoms with van der Waals surface area (Å²) in [5, 5.41) is 17.8. The van der Waals surface area contributed by atoms with Crippen LogP contribution >= 0.6 is 15.9 Å². The maximum Gasteiger partial charge on any atom is 0.100 e. The van der Waals surface area contributed by atoms with Crippen molar-refractivity contribution in [2.75, 3.05) is 24.6 Å². The Morgan fingerprint density at radius 3 is 3.00 bits per heavy atom. The summed E-state index contributed by atoms with van der Waals surface area (Å²) in [6.07, 6.45) is 2.02. The minimum absolute atomic E-state index is 0.273. The second-order valence-corrected chi connectivity index (χ2v) is 5.24. The zero-order chi connectivity index (χ0) is 12.3. The van der Waals surface area contributed by atoms with Crippen molar-refractivity contribution in [2.45, 2.75) is 12.8 Å². The van der Waals surface area contributed by atoms with Gasteiger partial charge in [0.2, 0.25) is 0 Å². The average molecular weight is 295 g/mol. The van der Waals surface area contributed by atoms with E-state index in [4.69, 9.17) is 10.4 Å². The molecular formula is C13H15BrN2O. The lowest BCUT2D eigenvalue weighted by molar-refractivity contribution is 0.263. The highest BCUT2D eigenvalue weighted by Crippen LogP contribution is 2.29. The van der Waals surface area contributed by atoms with E-state index in [1.807, 2.05) is 18.2 Å². The fraction of sp³-hybridized carbons (Fsp3) is 0.462. The molecule has 1 unspecified atom stereocenters. The molecule has 4 heteroatoms. The van der Waals surface area contributed by atoms with E-state index in [1.165, 1.54) is 0 Å². The van der Waals surface area contributed by atoms with Crippen molar-refractivity contribution in [3.63, 3.8) is 0 Å². The van der Waals surface area contributed by atoms with Crippen molar-refractivity contribution in [1.29, 1.82) is 5.26 Å². The summed E-state index contributed by atoms with van der Waals surface area (Å²) in [6, 6.07) is 7.98. The molecule has 1 aliphatic heterocycles. The Balaban J connectivity index is 2.09. The van der Waals surface area contributed by atoms with Crippen LogP contribution < -0.4 is 4.90 Å². The Labute approximate surface area is 110 Å². The standard InChI is InChI=1S/C13H15BrN2O/c14-13-7-12(2-1-11(13)8-15)16-5-3-10(9-16)4-6-17/h1-2,7,10,17H,3-6,9H2. The Kier molecular flexibility index (Phi) is 4.03. The predicted octanol–water partition coefficient (Wildman–Crippen LogP) is 2.53. The van der Waals surface area contributed by atoms with Gasteiger partial charge in [0, 0.05) is 29.9 Å². The molecule has 1 aliphatic rings. The second kappa shape index (κ2) is 5.52. The number of nitriles is 1. The molecule has 0 spiro atoms. The molecule has 1 fully saturated rings. The minimum Gasteiger partial charge on any atom is -0.396 e. The molecule has 1 aromatic carbocycles. The summed E-state index contributed by atoms with van der Waals surface area (Å²) in [7, 11) is 0. The molecule has 90 valence electrons. The number of hydrogen-bond acceptors (Lipinski definition) is 3. The molecule has 0 bridgehead atoms. The van der Waals surface area contributed by atoms with Crippen LogP contribution in [0.2, 0.25) is 0 Å². The fourth-order valence-corrected chi connectivity index (χ4v) is 2.73. The van der Waals surface area contributed by atoms with E-state index in [0.29, 0.717) is 11.5 Å². The lowest BCUT2D eigenvalue weighted by Gasteiger charge is -2.19. The number of hydrogen-bond donors (Lipinski definition) is 1. The van der Waals surface area contributed by atoms with Gasteiger partial charge in [0.15, 0.2) is 0 Å². The molecule has 0 saturated carbocycles. The first-order chi connectivity index (χ1) is 8.24. The molecule has 1 heterocycles. The molecule has 0 aliphatic carbocycles. The molecule has 1 aromatic rings. The number of rotatable bonds is 3. The van der Waals surface area contributed by atoms with Crippen LogP contribution in [0.1, 0.15) is 18.4 Å². The smallest absolute Gasteiger partial charge is 0.100 e. The highest BCUT2D eigenvalue weighted by molar-refractivity contribution is 9.10. The van der Waals surface area contributed by atoms with Gasteiger partial charge >= 0.3 is 0 Å². The number of anilines is 1. The van der Waals surface area contributed by atoms with Crippen molar-refractivity contribution in [3.05, 3.63) is 28.2 Å². The molecule has 0 radical (unpaired) electrons. The van der Waals surface area contributed by atoms with E-state index in [0.717, 1.165) is 36.1 Å². The van der Waals surface area contributed by atoms with Crippen LogP contribution in [-0.2, 0) is 0 Å². The zero-order valence-corrected chi connectivity index (χ0v) is 11.2. The highest BCUT2D eigenvalue weighted by atomic mass is 79.9. The predicted molar refractivity (Wildman–Crippen MR) is 70.9 cm³/mol. The van der Waals surface area contributed by atoms with Gasteiger partial charge in [-0.15, -0.1) is 0 Å². The Bertz CT molecular complexity index is 442. The van der Waals surface area contributed by atoms with Crippen molar-refractivity contribution in [1.82, 2.24) is 0 Å². The number of aliphatic hydroxyl groups is 1. The van der Waals surface area contributed by atoms with Crippen LogP contribution in [-0.4, -0.2) is 24.8 Å². The summed E-state index contributed by atoms with van der Waals surface area (Å²) in [5.41, 5.74) is 1.82. The molecule has 1 N–H and O–H groups in total. The Hall–Kier alpha value is -1.05. The van der Waals surface area contributed by atoms with E-state index in [9.17, 15) is 0 Å². The SMILES string of the molecule is N#Cc1ccc(N2CCC(CCO)C2)cc1Br. The molecular weight excluding hydrogens is 280 g/mol. The van der Waals surface area contributed by atoms with Gasteiger partial charge in [-0.3, -0.25) is 0 Å². The van der Waals surface area contributed by atoms with Gasteiger partial charge in [-0.2, -0.15) is 5.26 Å². The van der Waals surface area contributed by atoms with Crippen LogP contribution in [0.3, 0.4) is 0 Å². The van der Waals surface area contributed by atoms with Crippen molar-refractivity contribution in [3.8, 4) is 6.07 Å². The molecule has 17 heavy (non-hydrogen) atoms. The fourth-order valence-electron chi connectivity index (χ4n) is 2.28. The summed E-state index contributed by atoms with van der Waals surface area (Å²) in [4.78, 5) is 2.31. The summed E-state index contributed by atoms with van der Waals surface area (Å²) in [6.45, 7) is 2.30. The van der Waals surface area contributed by atoms with E-state index in [1.54, 1.807) is 0 Å². The summed E-state index contributed by atoms with van der Waals surface area (Å²) < 4.78 is 0.850. The Morgan fingerprint density at radius 1 is 1.53 bits per heavy atom. The highest BCUT2D eigenvalue weighted by Gasteiger charge is 2.22. The van der Waals surface area contributed by atoms with E-state index >= 15 is 0 Å². The van der Waals surface area contributed by atoms with Crippen LogP contribution in [0, 0.1) is 17.2 Å². The van der Waals surface area contributed by atoms with Gasteiger partial charge in [0.05, 0.1) is 5.56 Å². The first-order valence-electron chi connectivity index (χ1n) is 5.80. The lowest BCUT2D eigenvalue weighted by atomic mass is 10.1. The summed E-state index contributed by atoms with van der Waals surface area (Å²) >= 11 is 3.41. The number of nitrogens with zero attached hydrogens (tertiary/aromatic N) is 2. The molecule has 2 rings (SSSR count). The third-order valence-electron chi connectivity index (χ3n) is 3.26. The minimum atomic E-state index is 0.273. The van der Waals surface area contributed by atoms with Gasteiger partial charge in [0.1, 0.15) is 6.07 Å². The van der Waals surface area contributed by atoms with E-state index < -0.39 is 0 Å². The van der Waals surface area contributed by atoms with Crippen molar-refractivity contribution >= 4 is 21.6 Å². The largest absolute Gasteiger partial charge is 0.396 e. The van der Waals surface area contributed by atoms with Gasteiger partial charge in [0.25, 0.3) is 0 Å². The third kappa shape index (κ3) is 2.80. The first-order valence-corrected chi connectivity index (χ1v) is 6.59. The van der Waals surface area contributed by atoms with Gasteiger partial charge in [-0.05, 0) is 52.9 Å². The maximum absolute atomic E-state index is 8.93. The molecule has 0 aromatic heterocycles. The molecule has 0 amide bonds. The second-order valence-electron chi connectivity index (χ2n) is 4.39. The topological polar surface area (TPSA) is 47.3 Å². The van der Waals surface area contributed by atoms with Crippen LogP contribution in [0.25, 0.3) is 0 Å². The molecule has 1 atom stereocenters. The first kappa shape index (κ1) is 12.4. The van der Waals surface area contributed by atoms with E-state index in [2.05, 4.69) is 26.9 Å². The quantitative estimate of drug-likeness (QED) is 0.932. The van der Waals surface area contributed by atoms with Gasteiger partial charge < -0.3 is 10.0 Å². The molecule has 3 nitrogen and oxygen atoms in total. The molecule has 1 saturated heterocycles. The zero-order valence-electron chi connectivity index (χ0n) is 9.56. The van der Waals surface area contributed by atoms with Gasteiger partial charge in [-0.1, -0.05) is 0 Å². The van der Waals surface area contributed by atoms with Gasteiger partial charge in [-0.25, -0.2) is 0 Å². The number of benzene rings is 1. The summed E-state index contributed by atoms with van der Waals surface area (Å²) in [5.74, 6) is 0.592. The third-order valence-corrected chi connectivity index (χ3v) is 3.92. The van der Waals surface area contributed by atoms with Crippen molar-refractivity contribution in [2.24, 2.45) is 5.92 Å². The number of halogens is 1. The average Bonchev–Trinajstić information content (AvgIpc) is 2.78. The normalized spacial score (nSPS) is 19.4. The van der Waals surface area contributed by atoms with E-state index in [-0.39, 0.29) is 6.61 Å². The lowest BCUT2D eigenvalue weighted by Crippen LogP contribution is -2.19. The monoisotopic (exact) mass is 294 g/mol.